The molecule has 0 bridgehead atoms. The third-order valence-electron chi connectivity index (χ3n) is 2.94. The van der Waals surface area contributed by atoms with Gasteiger partial charge in [0.25, 0.3) is 0 Å². The minimum absolute atomic E-state index is 0.215. The first-order chi connectivity index (χ1) is 8.52. The first kappa shape index (κ1) is 12.8. The van der Waals surface area contributed by atoms with Gasteiger partial charge in [0.1, 0.15) is 5.82 Å². The molecule has 3 heteroatoms. The van der Waals surface area contributed by atoms with E-state index in [2.05, 4.69) is 11.6 Å². The van der Waals surface area contributed by atoms with Gasteiger partial charge in [0.2, 0.25) is 0 Å². The molecule has 0 atom stereocenters. The Morgan fingerprint density at radius 3 is 2.94 bits per heavy atom. The standard InChI is InChI=1S/C15H18FNO/c1-4-7-18-15(2,3)9-11-10-17-14-6-5-12(16)8-13(11)14/h4-6,8,10,17H,1,7,9H2,2-3H3. The number of ether oxygens (including phenoxy) is 1. The van der Waals surface area contributed by atoms with E-state index in [0.29, 0.717) is 6.61 Å². The van der Waals surface area contributed by atoms with Crippen molar-refractivity contribution in [2.75, 3.05) is 6.61 Å². The molecular formula is C15H18FNO. The Hall–Kier alpha value is -1.61. The van der Waals surface area contributed by atoms with Gasteiger partial charge in [0.15, 0.2) is 0 Å². The summed E-state index contributed by atoms with van der Waals surface area (Å²) in [6, 6.07) is 4.78. The van der Waals surface area contributed by atoms with E-state index in [4.69, 9.17) is 4.74 Å². The van der Waals surface area contributed by atoms with Gasteiger partial charge in [-0.3, -0.25) is 0 Å². The summed E-state index contributed by atoms with van der Waals surface area (Å²) >= 11 is 0. The average molecular weight is 247 g/mol. The number of fused-ring (bicyclic) bond motifs is 1. The van der Waals surface area contributed by atoms with Crippen LogP contribution in [0.15, 0.2) is 37.1 Å². The second-order valence-electron chi connectivity index (χ2n) is 5.04. The highest BCUT2D eigenvalue weighted by Gasteiger charge is 2.20. The highest BCUT2D eigenvalue weighted by Crippen LogP contribution is 2.25. The lowest BCUT2D eigenvalue weighted by Gasteiger charge is -2.24. The Kier molecular flexibility index (Phi) is 3.53. The summed E-state index contributed by atoms with van der Waals surface area (Å²) < 4.78 is 19.0. The molecule has 1 N–H and O–H groups in total. The van der Waals surface area contributed by atoms with Gasteiger partial charge in [-0.25, -0.2) is 4.39 Å². The maximum atomic E-state index is 13.3. The molecule has 18 heavy (non-hydrogen) atoms. The van der Waals surface area contributed by atoms with Crippen LogP contribution in [0.5, 0.6) is 0 Å². The minimum atomic E-state index is -0.296. The van der Waals surface area contributed by atoms with Crippen molar-refractivity contribution in [1.29, 1.82) is 0 Å². The van der Waals surface area contributed by atoms with Gasteiger partial charge >= 0.3 is 0 Å². The molecule has 2 nitrogen and oxygen atoms in total. The highest BCUT2D eigenvalue weighted by molar-refractivity contribution is 5.83. The van der Waals surface area contributed by atoms with Gasteiger partial charge < -0.3 is 9.72 Å². The predicted octanol–water partition coefficient (Wildman–Crippen LogP) is 3.83. The molecule has 1 heterocycles. The van der Waals surface area contributed by atoms with Gasteiger partial charge in [-0.2, -0.15) is 0 Å². The second kappa shape index (κ2) is 4.94. The first-order valence-electron chi connectivity index (χ1n) is 6.02. The van der Waals surface area contributed by atoms with E-state index in [0.717, 1.165) is 22.9 Å². The molecule has 0 aliphatic heterocycles. The van der Waals surface area contributed by atoms with Crippen LogP contribution >= 0.6 is 0 Å². The van der Waals surface area contributed by atoms with E-state index < -0.39 is 0 Å². The Morgan fingerprint density at radius 2 is 2.22 bits per heavy atom. The highest BCUT2D eigenvalue weighted by atomic mass is 19.1. The Morgan fingerprint density at radius 1 is 1.44 bits per heavy atom. The van der Waals surface area contributed by atoms with Crippen LogP contribution in [0.1, 0.15) is 19.4 Å². The Balaban J connectivity index is 2.26. The monoisotopic (exact) mass is 247 g/mol. The van der Waals surface area contributed by atoms with Crippen molar-refractivity contribution in [3.8, 4) is 0 Å². The number of halogens is 1. The van der Waals surface area contributed by atoms with E-state index in [1.165, 1.54) is 6.07 Å². The van der Waals surface area contributed by atoms with Crippen LogP contribution in [-0.2, 0) is 11.2 Å². The molecule has 0 saturated carbocycles. The van der Waals surface area contributed by atoms with Gasteiger partial charge in [0.05, 0.1) is 12.2 Å². The van der Waals surface area contributed by atoms with Crippen molar-refractivity contribution >= 4 is 10.9 Å². The van der Waals surface area contributed by atoms with Crippen molar-refractivity contribution in [2.24, 2.45) is 0 Å². The molecule has 0 aliphatic carbocycles. The third kappa shape index (κ3) is 2.79. The number of benzene rings is 1. The van der Waals surface area contributed by atoms with Crippen LogP contribution < -0.4 is 0 Å². The zero-order valence-corrected chi connectivity index (χ0v) is 10.8. The number of rotatable bonds is 5. The van der Waals surface area contributed by atoms with Gasteiger partial charge in [-0.05, 0) is 37.6 Å². The smallest absolute Gasteiger partial charge is 0.123 e. The predicted molar refractivity (Wildman–Crippen MR) is 72.2 cm³/mol. The van der Waals surface area contributed by atoms with Crippen molar-refractivity contribution in [1.82, 2.24) is 4.98 Å². The van der Waals surface area contributed by atoms with E-state index in [-0.39, 0.29) is 11.4 Å². The van der Waals surface area contributed by atoms with Crippen LogP contribution in [0.25, 0.3) is 10.9 Å². The number of nitrogens with one attached hydrogen (secondary N) is 1. The van der Waals surface area contributed by atoms with Crippen molar-refractivity contribution in [3.63, 3.8) is 0 Å². The van der Waals surface area contributed by atoms with Crippen molar-refractivity contribution < 1.29 is 9.13 Å². The summed E-state index contributed by atoms with van der Waals surface area (Å²) in [5, 5.41) is 0.922. The average Bonchev–Trinajstić information content (AvgIpc) is 2.69. The van der Waals surface area contributed by atoms with Crippen molar-refractivity contribution in [2.45, 2.75) is 25.9 Å². The summed E-state index contributed by atoms with van der Waals surface area (Å²) in [5.41, 5.74) is 1.72. The molecule has 1 aromatic heterocycles. The van der Waals surface area contributed by atoms with Crippen LogP contribution in [0.2, 0.25) is 0 Å². The Bertz CT molecular complexity index is 557. The summed E-state index contributed by atoms with van der Waals surface area (Å²) in [5.74, 6) is -0.215. The number of aromatic nitrogens is 1. The molecule has 1 aromatic carbocycles. The van der Waals surface area contributed by atoms with Crippen LogP contribution in [0.3, 0.4) is 0 Å². The quantitative estimate of drug-likeness (QED) is 0.798. The van der Waals surface area contributed by atoms with E-state index in [1.807, 2.05) is 20.0 Å². The van der Waals surface area contributed by atoms with Crippen molar-refractivity contribution in [3.05, 3.63) is 48.4 Å². The second-order valence-corrected chi connectivity index (χ2v) is 5.04. The molecule has 2 rings (SSSR count). The summed E-state index contributed by atoms with van der Waals surface area (Å²) in [6.45, 7) is 8.20. The molecule has 0 fully saturated rings. The van der Waals surface area contributed by atoms with Gasteiger partial charge in [0, 0.05) is 23.5 Å². The number of H-pyrrole nitrogens is 1. The fourth-order valence-electron chi connectivity index (χ4n) is 2.09. The maximum Gasteiger partial charge on any atom is 0.123 e. The number of hydrogen-bond acceptors (Lipinski definition) is 1. The van der Waals surface area contributed by atoms with Gasteiger partial charge in [-0.15, -0.1) is 6.58 Å². The summed E-state index contributed by atoms with van der Waals surface area (Å²) in [6.07, 6.45) is 4.38. The topological polar surface area (TPSA) is 25.0 Å². The SMILES string of the molecule is C=CCOC(C)(C)Cc1c[nH]c2ccc(F)cc12. The molecular weight excluding hydrogens is 229 g/mol. The van der Waals surface area contributed by atoms with Crippen LogP contribution in [0.4, 0.5) is 4.39 Å². The van der Waals surface area contributed by atoms with E-state index in [1.54, 1.807) is 18.2 Å². The maximum absolute atomic E-state index is 13.3. The largest absolute Gasteiger partial charge is 0.371 e. The first-order valence-corrected chi connectivity index (χ1v) is 6.02. The normalized spacial score (nSPS) is 11.9. The van der Waals surface area contributed by atoms with Gasteiger partial charge in [-0.1, -0.05) is 6.08 Å². The third-order valence-corrected chi connectivity index (χ3v) is 2.94. The lowest BCUT2D eigenvalue weighted by molar-refractivity contribution is 0.000107. The van der Waals surface area contributed by atoms with Crippen LogP contribution in [-0.4, -0.2) is 17.2 Å². The zero-order chi connectivity index (χ0) is 13.2. The number of aromatic amines is 1. The lowest BCUT2D eigenvalue weighted by Crippen LogP contribution is -2.27. The molecule has 0 radical (unpaired) electrons. The van der Waals surface area contributed by atoms with Crippen LogP contribution in [0, 0.1) is 5.82 Å². The summed E-state index contributed by atoms with van der Waals surface area (Å²) in [4.78, 5) is 3.15. The van der Waals surface area contributed by atoms with E-state index in [9.17, 15) is 4.39 Å². The number of hydrogen-bond donors (Lipinski definition) is 1. The molecule has 0 spiro atoms. The molecule has 0 aliphatic rings. The molecule has 0 saturated heterocycles. The molecule has 2 aromatic rings. The Labute approximate surface area is 106 Å². The fourth-order valence-corrected chi connectivity index (χ4v) is 2.09. The molecule has 0 unspecified atom stereocenters. The molecule has 96 valence electrons. The lowest BCUT2D eigenvalue weighted by atomic mass is 9.98. The zero-order valence-electron chi connectivity index (χ0n) is 10.8. The van der Waals surface area contributed by atoms with E-state index >= 15 is 0 Å². The summed E-state index contributed by atoms with van der Waals surface area (Å²) in [7, 11) is 0. The minimum Gasteiger partial charge on any atom is -0.371 e. The molecule has 0 amide bonds. The fraction of sp³-hybridized carbons (Fsp3) is 0.333.